The first kappa shape index (κ1) is 18.8. The highest BCUT2D eigenvalue weighted by molar-refractivity contribution is 7.91. The average molecular weight is 397 g/mol. The maximum Gasteiger partial charge on any atom is 0.252 e. The average Bonchev–Trinajstić information content (AvgIpc) is 3.08. The molecule has 1 unspecified atom stereocenters. The number of hydrogen-bond donors (Lipinski definition) is 2. The molecule has 9 heteroatoms. The topological polar surface area (TPSA) is 78.5 Å². The van der Waals surface area contributed by atoms with Crippen LogP contribution >= 0.6 is 11.3 Å². The largest absolute Gasteiger partial charge is 0.299 e. The number of piperidine rings is 1. The maximum absolute atomic E-state index is 12.9. The van der Waals surface area contributed by atoms with E-state index in [1.807, 2.05) is 6.92 Å². The summed E-state index contributed by atoms with van der Waals surface area (Å²) >= 11 is 1.23. The second-order valence-corrected chi connectivity index (χ2v) is 9.64. The molecule has 1 amide bonds. The summed E-state index contributed by atoms with van der Waals surface area (Å²) in [4.78, 5) is 13.3. The first-order valence-electron chi connectivity index (χ1n) is 8.24. The van der Waals surface area contributed by atoms with Gasteiger partial charge in [0.25, 0.3) is 10.0 Å². The molecule has 1 aliphatic heterocycles. The number of anilines is 1. The predicted molar refractivity (Wildman–Crippen MR) is 98.7 cm³/mol. The van der Waals surface area contributed by atoms with Crippen LogP contribution in [0, 0.1) is 18.7 Å². The Bertz CT molecular complexity index is 881. The zero-order valence-corrected chi connectivity index (χ0v) is 15.9. The molecule has 0 bridgehead atoms. The zero-order chi connectivity index (χ0) is 18.7. The number of nitrogens with zero attached hydrogens (tertiary/aromatic N) is 1. The van der Waals surface area contributed by atoms with Crippen LogP contribution in [0.4, 0.5) is 10.1 Å². The molecule has 2 aromatic rings. The van der Waals surface area contributed by atoms with E-state index in [0.717, 1.165) is 4.88 Å². The lowest BCUT2D eigenvalue weighted by atomic mass is 9.99. The lowest BCUT2D eigenvalue weighted by Crippen LogP contribution is -2.46. The Balaban J connectivity index is 1.62. The Morgan fingerprint density at radius 2 is 1.96 bits per heavy atom. The molecule has 26 heavy (non-hydrogen) atoms. The minimum atomic E-state index is -3.57. The van der Waals surface area contributed by atoms with Crippen molar-refractivity contribution in [1.29, 1.82) is 0 Å². The number of hydrazine groups is 1. The fraction of sp³-hybridized carbons (Fsp3) is 0.353. The Morgan fingerprint density at radius 1 is 1.23 bits per heavy atom. The van der Waals surface area contributed by atoms with Crippen LogP contribution in [0.1, 0.15) is 17.7 Å². The van der Waals surface area contributed by atoms with Gasteiger partial charge in [0.15, 0.2) is 0 Å². The van der Waals surface area contributed by atoms with E-state index in [1.54, 1.807) is 12.1 Å². The third kappa shape index (κ3) is 4.22. The van der Waals surface area contributed by atoms with Crippen LogP contribution in [0.3, 0.4) is 0 Å². The molecule has 1 atom stereocenters. The summed E-state index contributed by atoms with van der Waals surface area (Å²) in [6.07, 6.45) is 1.24. The first-order valence-corrected chi connectivity index (χ1v) is 10.5. The van der Waals surface area contributed by atoms with Crippen LogP contribution in [0.25, 0.3) is 0 Å². The second-order valence-electron chi connectivity index (χ2n) is 6.19. The Hall–Kier alpha value is -1.97. The summed E-state index contributed by atoms with van der Waals surface area (Å²) in [7, 11) is -3.57. The number of hydrogen-bond acceptors (Lipinski definition) is 5. The van der Waals surface area contributed by atoms with Gasteiger partial charge in [0.05, 0.1) is 11.6 Å². The molecule has 0 saturated carbocycles. The van der Waals surface area contributed by atoms with E-state index in [4.69, 9.17) is 0 Å². The van der Waals surface area contributed by atoms with E-state index >= 15 is 0 Å². The van der Waals surface area contributed by atoms with Gasteiger partial charge in [-0.1, -0.05) is 0 Å². The predicted octanol–water partition coefficient (Wildman–Crippen LogP) is 2.74. The summed E-state index contributed by atoms with van der Waals surface area (Å²) in [6, 6.07) is 8.96. The summed E-state index contributed by atoms with van der Waals surface area (Å²) in [5.74, 6) is -1.08. The number of thiophene rings is 1. The van der Waals surface area contributed by atoms with Gasteiger partial charge >= 0.3 is 0 Å². The Morgan fingerprint density at radius 3 is 2.62 bits per heavy atom. The highest BCUT2D eigenvalue weighted by Gasteiger charge is 2.34. The molecule has 1 aliphatic rings. The minimum absolute atomic E-state index is 0.149. The molecule has 1 aromatic heterocycles. The lowest BCUT2D eigenvalue weighted by Gasteiger charge is -2.30. The van der Waals surface area contributed by atoms with Crippen molar-refractivity contribution in [3.63, 3.8) is 0 Å². The van der Waals surface area contributed by atoms with Crippen molar-refractivity contribution >= 4 is 33.0 Å². The summed E-state index contributed by atoms with van der Waals surface area (Å²) in [6.45, 7) is 2.42. The van der Waals surface area contributed by atoms with Gasteiger partial charge in [0.2, 0.25) is 5.91 Å². The van der Waals surface area contributed by atoms with Gasteiger partial charge in [-0.15, -0.1) is 11.3 Å². The van der Waals surface area contributed by atoms with Gasteiger partial charge in [-0.3, -0.25) is 15.6 Å². The number of amides is 1. The molecule has 0 radical (unpaired) electrons. The van der Waals surface area contributed by atoms with Crippen molar-refractivity contribution in [3.8, 4) is 0 Å². The quantitative estimate of drug-likeness (QED) is 0.761. The summed E-state index contributed by atoms with van der Waals surface area (Å²) in [5.41, 5.74) is 5.85. The standard InChI is InChI=1S/C17H20FN3O3S2/c1-12-4-9-16(25-12)26(23,24)21-10-2-3-13(11-21)17(22)20-19-15-7-5-14(18)6-8-15/h4-9,13,19H,2-3,10-11H2,1H3,(H,20,22). The van der Waals surface area contributed by atoms with E-state index < -0.39 is 15.9 Å². The fourth-order valence-electron chi connectivity index (χ4n) is 2.82. The molecule has 6 nitrogen and oxygen atoms in total. The van der Waals surface area contributed by atoms with Crippen molar-refractivity contribution in [2.24, 2.45) is 5.92 Å². The lowest BCUT2D eigenvalue weighted by molar-refractivity contribution is -0.125. The van der Waals surface area contributed by atoms with Crippen molar-refractivity contribution in [1.82, 2.24) is 9.73 Å². The number of aryl methyl sites for hydroxylation is 1. The molecule has 1 fully saturated rings. The van der Waals surface area contributed by atoms with E-state index in [2.05, 4.69) is 10.9 Å². The van der Waals surface area contributed by atoms with E-state index in [-0.39, 0.29) is 18.3 Å². The van der Waals surface area contributed by atoms with Gasteiger partial charge < -0.3 is 0 Å². The number of carbonyl (C=O) groups excluding carboxylic acids is 1. The van der Waals surface area contributed by atoms with Crippen LogP contribution in [-0.4, -0.2) is 31.7 Å². The molecule has 140 valence electrons. The number of nitrogens with one attached hydrogen (secondary N) is 2. The molecule has 2 N–H and O–H groups in total. The summed E-state index contributed by atoms with van der Waals surface area (Å²) in [5, 5.41) is 0. The second kappa shape index (κ2) is 7.73. The van der Waals surface area contributed by atoms with Crippen LogP contribution in [0.5, 0.6) is 0 Å². The van der Waals surface area contributed by atoms with Crippen LogP contribution in [0.2, 0.25) is 0 Å². The minimum Gasteiger partial charge on any atom is -0.299 e. The van der Waals surface area contributed by atoms with Crippen LogP contribution in [0.15, 0.2) is 40.6 Å². The Labute approximate surface area is 156 Å². The van der Waals surface area contributed by atoms with Crippen LogP contribution < -0.4 is 10.9 Å². The monoisotopic (exact) mass is 397 g/mol. The normalized spacial score (nSPS) is 18.5. The van der Waals surface area contributed by atoms with Crippen molar-refractivity contribution in [2.45, 2.75) is 24.0 Å². The number of benzene rings is 1. The molecule has 1 saturated heterocycles. The third-order valence-electron chi connectivity index (χ3n) is 4.24. The van der Waals surface area contributed by atoms with Gasteiger partial charge in [-0.25, -0.2) is 12.8 Å². The van der Waals surface area contributed by atoms with E-state index in [0.29, 0.717) is 29.3 Å². The first-order chi connectivity index (χ1) is 12.4. The van der Waals surface area contributed by atoms with Gasteiger partial charge in [0, 0.05) is 18.0 Å². The smallest absolute Gasteiger partial charge is 0.252 e. The molecular weight excluding hydrogens is 377 g/mol. The molecule has 3 rings (SSSR count). The third-order valence-corrected chi connectivity index (χ3v) is 7.57. The van der Waals surface area contributed by atoms with Gasteiger partial charge in [-0.2, -0.15) is 4.31 Å². The SMILES string of the molecule is Cc1ccc(S(=O)(=O)N2CCCC(C(=O)NNc3ccc(F)cc3)C2)s1. The number of carbonyl (C=O) groups is 1. The van der Waals surface area contributed by atoms with Crippen molar-refractivity contribution in [2.75, 3.05) is 18.5 Å². The molecule has 1 aromatic carbocycles. The number of rotatable bonds is 5. The highest BCUT2D eigenvalue weighted by atomic mass is 32.2. The summed E-state index contributed by atoms with van der Waals surface area (Å²) < 4.78 is 40.0. The Kier molecular flexibility index (Phi) is 5.59. The molecular formula is C17H20FN3O3S2. The fourth-order valence-corrected chi connectivity index (χ4v) is 5.78. The molecule has 0 spiro atoms. The van der Waals surface area contributed by atoms with Crippen LogP contribution in [-0.2, 0) is 14.8 Å². The highest BCUT2D eigenvalue weighted by Crippen LogP contribution is 2.28. The van der Waals surface area contributed by atoms with Crippen molar-refractivity contribution in [3.05, 3.63) is 47.1 Å². The number of sulfonamides is 1. The molecule has 0 aliphatic carbocycles. The van der Waals surface area contributed by atoms with Crippen molar-refractivity contribution < 1.29 is 17.6 Å². The van der Waals surface area contributed by atoms with Gasteiger partial charge in [0.1, 0.15) is 10.0 Å². The molecule has 2 heterocycles. The zero-order valence-electron chi connectivity index (χ0n) is 14.2. The maximum atomic E-state index is 12.9. The van der Waals surface area contributed by atoms with Gasteiger partial charge in [-0.05, 0) is 56.2 Å². The van der Waals surface area contributed by atoms with E-state index in [9.17, 15) is 17.6 Å². The van der Waals surface area contributed by atoms with E-state index in [1.165, 1.54) is 39.9 Å². The number of halogens is 1.